The first-order valence-electron chi connectivity index (χ1n) is 5.04. The monoisotopic (exact) mass is 229 g/mol. The molecule has 1 fully saturated rings. The van der Waals surface area contributed by atoms with Crippen molar-refractivity contribution in [2.45, 2.75) is 11.3 Å². The molecule has 0 radical (unpaired) electrons. The summed E-state index contributed by atoms with van der Waals surface area (Å²) in [6.07, 6.45) is 1.13. The van der Waals surface area contributed by atoms with E-state index in [1.54, 1.807) is 0 Å². The largest absolute Gasteiger partial charge is 0.316 e. The summed E-state index contributed by atoms with van der Waals surface area (Å²) in [5, 5.41) is 3.25. The number of thioether (sulfide) groups is 1. The van der Waals surface area contributed by atoms with E-state index < -0.39 is 0 Å². The van der Waals surface area contributed by atoms with Crippen LogP contribution < -0.4 is 5.32 Å². The zero-order valence-corrected chi connectivity index (χ0v) is 9.12. The van der Waals surface area contributed by atoms with E-state index >= 15 is 0 Å². The van der Waals surface area contributed by atoms with Gasteiger partial charge in [0.15, 0.2) is 0 Å². The van der Waals surface area contributed by atoms with Gasteiger partial charge >= 0.3 is 0 Å². The molecule has 1 aliphatic heterocycles. The standard InChI is InChI=1S/C11H13F2NS/c12-9-1-2-10(13)11(5-9)15-7-8-3-4-14-6-8/h1-2,5,8,14H,3-4,6-7H2/t8-/m1/s1. The van der Waals surface area contributed by atoms with Gasteiger partial charge in [0.25, 0.3) is 0 Å². The third-order valence-electron chi connectivity index (χ3n) is 2.53. The Hall–Kier alpha value is -0.610. The highest BCUT2D eigenvalue weighted by Crippen LogP contribution is 2.26. The molecule has 2 rings (SSSR count). The van der Waals surface area contributed by atoms with Crippen LogP contribution in [-0.2, 0) is 0 Å². The molecule has 0 saturated carbocycles. The van der Waals surface area contributed by atoms with Crippen LogP contribution in [0.25, 0.3) is 0 Å². The smallest absolute Gasteiger partial charge is 0.136 e. The molecule has 0 bridgehead atoms. The van der Waals surface area contributed by atoms with E-state index in [0.717, 1.165) is 31.3 Å². The summed E-state index contributed by atoms with van der Waals surface area (Å²) < 4.78 is 26.1. The fraction of sp³-hybridized carbons (Fsp3) is 0.455. The second-order valence-corrected chi connectivity index (χ2v) is 4.81. The van der Waals surface area contributed by atoms with Crippen LogP contribution in [0.1, 0.15) is 6.42 Å². The van der Waals surface area contributed by atoms with E-state index in [-0.39, 0.29) is 11.6 Å². The number of benzene rings is 1. The first-order chi connectivity index (χ1) is 7.25. The lowest BCUT2D eigenvalue weighted by Crippen LogP contribution is -2.10. The second-order valence-electron chi connectivity index (χ2n) is 3.74. The predicted octanol–water partition coefficient (Wildman–Crippen LogP) is 2.67. The molecule has 1 aliphatic rings. The van der Waals surface area contributed by atoms with Gasteiger partial charge in [0, 0.05) is 10.6 Å². The van der Waals surface area contributed by atoms with E-state index in [2.05, 4.69) is 5.32 Å². The number of nitrogens with one attached hydrogen (secondary N) is 1. The van der Waals surface area contributed by atoms with Crippen LogP contribution in [0.4, 0.5) is 8.78 Å². The van der Waals surface area contributed by atoms with Crippen molar-refractivity contribution in [1.82, 2.24) is 5.32 Å². The first kappa shape index (κ1) is 10.9. The summed E-state index contributed by atoms with van der Waals surface area (Å²) in [7, 11) is 0. The summed E-state index contributed by atoms with van der Waals surface area (Å²) in [5.74, 6) is 0.737. The number of rotatable bonds is 3. The molecule has 15 heavy (non-hydrogen) atoms. The second kappa shape index (κ2) is 4.94. The molecule has 1 aromatic rings. The Balaban J connectivity index is 1.94. The van der Waals surface area contributed by atoms with Gasteiger partial charge in [-0.1, -0.05) is 0 Å². The minimum atomic E-state index is -0.372. The van der Waals surface area contributed by atoms with Crippen molar-refractivity contribution in [3.05, 3.63) is 29.8 Å². The van der Waals surface area contributed by atoms with Crippen LogP contribution in [0.15, 0.2) is 23.1 Å². The maximum Gasteiger partial charge on any atom is 0.136 e. The zero-order chi connectivity index (χ0) is 10.7. The molecule has 1 aromatic carbocycles. The van der Waals surface area contributed by atoms with Crippen LogP contribution in [0, 0.1) is 17.6 Å². The SMILES string of the molecule is Fc1ccc(F)c(SC[C@@H]2CCNC2)c1. The van der Waals surface area contributed by atoms with E-state index in [1.165, 1.54) is 23.9 Å². The molecule has 1 heterocycles. The lowest BCUT2D eigenvalue weighted by atomic mass is 10.2. The van der Waals surface area contributed by atoms with Crippen LogP contribution in [0.2, 0.25) is 0 Å². The van der Waals surface area contributed by atoms with Crippen LogP contribution >= 0.6 is 11.8 Å². The topological polar surface area (TPSA) is 12.0 Å². The number of hydrogen-bond acceptors (Lipinski definition) is 2. The third kappa shape index (κ3) is 2.92. The molecular weight excluding hydrogens is 216 g/mol. The molecule has 4 heteroatoms. The fourth-order valence-electron chi connectivity index (χ4n) is 1.65. The van der Waals surface area contributed by atoms with E-state index in [0.29, 0.717) is 10.8 Å². The Kier molecular flexibility index (Phi) is 3.59. The molecular formula is C11H13F2NS. The molecule has 1 atom stereocenters. The van der Waals surface area contributed by atoms with Crippen molar-refractivity contribution in [3.8, 4) is 0 Å². The highest BCUT2D eigenvalue weighted by Gasteiger charge is 2.15. The van der Waals surface area contributed by atoms with E-state index in [9.17, 15) is 8.78 Å². The summed E-state index contributed by atoms with van der Waals surface area (Å²) in [4.78, 5) is 0.418. The average Bonchev–Trinajstić information content (AvgIpc) is 2.72. The zero-order valence-electron chi connectivity index (χ0n) is 8.30. The molecule has 1 N–H and O–H groups in total. The molecule has 1 saturated heterocycles. The van der Waals surface area contributed by atoms with Crippen molar-refractivity contribution in [2.24, 2.45) is 5.92 Å². The predicted molar refractivity (Wildman–Crippen MR) is 58.1 cm³/mol. The molecule has 0 amide bonds. The number of hydrogen-bond donors (Lipinski definition) is 1. The molecule has 0 aromatic heterocycles. The minimum Gasteiger partial charge on any atom is -0.316 e. The van der Waals surface area contributed by atoms with Gasteiger partial charge in [-0.15, -0.1) is 11.8 Å². The van der Waals surface area contributed by atoms with Crippen molar-refractivity contribution < 1.29 is 8.78 Å². The Labute approximate surface area is 92.3 Å². The van der Waals surface area contributed by atoms with Crippen molar-refractivity contribution in [3.63, 3.8) is 0 Å². The summed E-state index contributed by atoms with van der Waals surface area (Å²) in [5.41, 5.74) is 0. The summed E-state index contributed by atoms with van der Waals surface area (Å²) >= 11 is 1.40. The molecule has 82 valence electrons. The van der Waals surface area contributed by atoms with E-state index in [4.69, 9.17) is 0 Å². The average molecular weight is 229 g/mol. The molecule has 0 spiro atoms. The van der Waals surface area contributed by atoms with Crippen molar-refractivity contribution >= 4 is 11.8 Å². The van der Waals surface area contributed by atoms with Crippen molar-refractivity contribution in [2.75, 3.05) is 18.8 Å². The van der Waals surface area contributed by atoms with Gasteiger partial charge in [-0.3, -0.25) is 0 Å². The number of halogens is 2. The maximum atomic E-state index is 13.2. The van der Waals surface area contributed by atoms with Gasteiger partial charge in [0.2, 0.25) is 0 Å². The molecule has 1 nitrogen and oxygen atoms in total. The first-order valence-corrected chi connectivity index (χ1v) is 6.03. The summed E-state index contributed by atoms with van der Waals surface area (Å²) in [6, 6.07) is 3.60. The highest BCUT2D eigenvalue weighted by atomic mass is 32.2. The Morgan fingerprint density at radius 2 is 2.27 bits per heavy atom. The van der Waals surface area contributed by atoms with Gasteiger partial charge in [0.1, 0.15) is 11.6 Å². The highest BCUT2D eigenvalue weighted by molar-refractivity contribution is 7.99. The fourth-order valence-corrected chi connectivity index (χ4v) is 2.75. The van der Waals surface area contributed by atoms with Crippen LogP contribution in [0.5, 0.6) is 0 Å². The van der Waals surface area contributed by atoms with Gasteiger partial charge < -0.3 is 5.32 Å². The Bertz CT molecular complexity index is 337. The normalized spacial score (nSPS) is 20.8. The Morgan fingerprint density at radius 3 is 3.00 bits per heavy atom. The summed E-state index contributed by atoms with van der Waals surface area (Å²) in [6.45, 7) is 2.03. The quantitative estimate of drug-likeness (QED) is 0.800. The molecule has 0 aliphatic carbocycles. The Morgan fingerprint density at radius 1 is 1.40 bits per heavy atom. The van der Waals surface area contributed by atoms with Crippen molar-refractivity contribution in [1.29, 1.82) is 0 Å². The lowest BCUT2D eigenvalue weighted by Gasteiger charge is -2.08. The third-order valence-corrected chi connectivity index (χ3v) is 3.79. The van der Waals surface area contributed by atoms with Gasteiger partial charge in [-0.2, -0.15) is 0 Å². The van der Waals surface area contributed by atoms with E-state index in [1.807, 2.05) is 0 Å². The minimum absolute atomic E-state index is 0.327. The lowest BCUT2D eigenvalue weighted by molar-refractivity contribution is 0.576. The maximum absolute atomic E-state index is 13.2. The van der Waals surface area contributed by atoms with Crippen LogP contribution in [-0.4, -0.2) is 18.8 Å². The van der Waals surface area contributed by atoms with Gasteiger partial charge in [-0.05, 0) is 43.6 Å². The van der Waals surface area contributed by atoms with Gasteiger partial charge in [0.05, 0.1) is 0 Å². The molecule has 0 unspecified atom stereocenters. The van der Waals surface area contributed by atoms with Gasteiger partial charge in [-0.25, -0.2) is 8.78 Å². The van der Waals surface area contributed by atoms with Crippen LogP contribution in [0.3, 0.4) is 0 Å².